The first-order valence-electron chi connectivity index (χ1n) is 10.6. The van der Waals surface area contributed by atoms with Gasteiger partial charge in [0.2, 0.25) is 10.0 Å². The first-order valence-corrected chi connectivity index (χ1v) is 12.1. The molecule has 3 aromatic rings. The van der Waals surface area contributed by atoms with Crippen molar-refractivity contribution in [3.63, 3.8) is 0 Å². The normalized spacial score (nSPS) is 16.1. The molecule has 182 valence electrons. The number of hydrogen-bond donors (Lipinski definition) is 3. The molecule has 0 radical (unpaired) electrons. The Bertz CT molecular complexity index is 1360. The predicted octanol–water partition coefficient (Wildman–Crippen LogP) is 4.51. The van der Waals surface area contributed by atoms with Crippen molar-refractivity contribution in [3.05, 3.63) is 78.4 Å². The summed E-state index contributed by atoms with van der Waals surface area (Å²) in [5.74, 6) is -3.25. The third-order valence-electron chi connectivity index (χ3n) is 5.60. The molecule has 1 heterocycles. The second kappa shape index (κ2) is 9.80. The van der Waals surface area contributed by atoms with Crippen LogP contribution in [0.25, 0.3) is 11.1 Å². The largest absolute Gasteiger partial charge is 0.480 e. The summed E-state index contributed by atoms with van der Waals surface area (Å²) in [6, 6.07) is 14.1. The Balaban J connectivity index is 1.42. The summed E-state index contributed by atoms with van der Waals surface area (Å²) in [4.78, 5) is 23.5. The van der Waals surface area contributed by atoms with Gasteiger partial charge in [-0.3, -0.25) is 4.79 Å². The van der Waals surface area contributed by atoms with Crippen molar-refractivity contribution in [2.45, 2.75) is 23.8 Å². The van der Waals surface area contributed by atoms with E-state index in [0.717, 1.165) is 27.6 Å². The number of halogens is 2. The lowest BCUT2D eigenvalue weighted by Crippen LogP contribution is -2.40. The molecule has 0 bridgehead atoms. The topological polar surface area (TPSA) is 116 Å². The van der Waals surface area contributed by atoms with Crippen molar-refractivity contribution in [2.75, 3.05) is 17.2 Å². The fraction of sp³-hybridized carbons (Fsp3) is 0.167. The molecule has 11 heteroatoms. The number of benzene rings is 3. The summed E-state index contributed by atoms with van der Waals surface area (Å²) in [5, 5.41) is 14.3. The maximum absolute atomic E-state index is 13.3. The van der Waals surface area contributed by atoms with Crippen LogP contribution >= 0.6 is 0 Å². The van der Waals surface area contributed by atoms with Gasteiger partial charge >= 0.3 is 12.0 Å². The second-order valence-electron chi connectivity index (χ2n) is 7.92. The van der Waals surface area contributed by atoms with E-state index < -0.39 is 39.7 Å². The predicted molar refractivity (Wildman–Crippen MR) is 125 cm³/mol. The number of nitrogens with zero attached hydrogens (tertiary/aromatic N) is 1. The van der Waals surface area contributed by atoms with Crippen molar-refractivity contribution in [1.82, 2.24) is 4.31 Å². The monoisotopic (exact) mass is 501 g/mol. The Kier molecular flexibility index (Phi) is 6.81. The van der Waals surface area contributed by atoms with Crippen LogP contribution in [0.1, 0.15) is 12.8 Å². The van der Waals surface area contributed by atoms with Gasteiger partial charge in [0.1, 0.15) is 6.04 Å². The number of carbonyl (C=O) groups excluding carboxylic acids is 1. The molecule has 1 aliphatic heterocycles. The highest BCUT2D eigenvalue weighted by Crippen LogP contribution is 2.28. The minimum Gasteiger partial charge on any atom is -0.480 e. The fourth-order valence-electron chi connectivity index (χ4n) is 3.84. The SMILES string of the molecule is O=C(Nc1ccc(-c2ccc(S(=O)(=O)N3CCC[C@H]3C(=O)O)cc2)cc1)Nc1ccc(F)c(F)c1. The number of amides is 2. The third kappa shape index (κ3) is 5.31. The maximum Gasteiger partial charge on any atom is 0.323 e. The van der Waals surface area contributed by atoms with Gasteiger partial charge in [-0.1, -0.05) is 24.3 Å². The summed E-state index contributed by atoms with van der Waals surface area (Å²) in [6.45, 7) is 0.166. The Hall–Kier alpha value is -3.83. The smallest absolute Gasteiger partial charge is 0.323 e. The van der Waals surface area contributed by atoms with Crippen LogP contribution in [0.3, 0.4) is 0 Å². The summed E-state index contributed by atoms with van der Waals surface area (Å²) in [7, 11) is -3.93. The second-order valence-corrected chi connectivity index (χ2v) is 9.81. The molecule has 3 aromatic carbocycles. The van der Waals surface area contributed by atoms with Crippen LogP contribution in [0.5, 0.6) is 0 Å². The van der Waals surface area contributed by atoms with Crippen LogP contribution in [0.15, 0.2) is 71.6 Å². The Morgan fingerprint density at radius 3 is 2.03 bits per heavy atom. The molecule has 1 fully saturated rings. The minimum absolute atomic E-state index is 0.0154. The van der Waals surface area contributed by atoms with Crippen molar-refractivity contribution < 1.29 is 31.9 Å². The molecule has 0 saturated carbocycles. The van der Waals surface area contributed by atoms with Gasteiger partial charge in [0.05, 0.1) is 4.90 Å². The molecule has 0 unspecified atom stereocenters. The zero-order chi connectivity index (χ0) is 25.2. The van der Waals surface area contributed by atoms with E-state index in [4.69, 9.17) is 0 Å². The first kappa shape index (κ1) is 24.3. The number of anilines is 2. The molecule has 1 saturated heterocycles. The number of nitrogens with one attached hydrogen (secondary N) is 2. The standard InChI is InChI=1S/C24H21F2N3O5S/c25-20-12-9-18(14-21(20)26)28-24(32)27-17-7-3-15(4-8-17)16-5-10-19(11-6-16)35(33,34)29-13-1-2-22(29)23(30)31/h3-12,14,22H,1-2,13H2,(H,30,31)(H2,27,28,32)/t22-/m0/s1. The van der Waals surface area contributed by atoms with Crippen LogP contribution in [0.4, 0.5) is 25.0 Å². The fourth-order valence-corrected chi connectivity index (χ4v) is 5.49. The summed E-state index contributed by atoms with van der Waals surface area (Å²) in [5.41, 5.74) is 2.02. The number of aliphatic carboxylic acids is 1. The number of hydrogen-bond acceptors (Lipinski definition) is 4. The van der Waals surface area contributed by atoms with Gasteiger partial charge in [-0.25, -0.2) is 22.0 Å². The zero-order valence-electron chi connectivity index (χ0n) is 18.2. The van der Waals surface area contributed by atoms with Crippen molar-refractivity contribution in [3.8, 4) is 11.1 Å². The number of urea groups is 1. The molecule has 1 atom stereocenters. The Labute approximate surface area is 200 Å². The number of carboxylic acid groups (broad SMARTS) is 1. The molecule has 4 rings (SSSR count). The van der Waals surface area contributed by atoms with E-state index in [9.17, 15) is 31.9 Å². The number of carbonyl (C=O) groups is 2. The molecule has 0 aliphatic carbocycles. The van der Waals surface area contributed by atoms with Gasteiger partial charge in [-0.15, -0.1) is 0 Å². The highest BCUT2D eigenvalue weighted by atomic mass is 32.2. The lowest BCUT2D eigenvalue weighted by molar-refractivity contribution is -0.140. The van der Waals surface area contributed by atoms with Crippen LogP contribution in [0.2, 0.25) is 0 Å². The number of rotatable bonds is 6. The van der Waals surface area contributed by atoms with Gasteiger partial charge in [-0.05, 0) is 60.4 Å². The summed E-state index contributed by atoms with van der Waals surface area (Å²) in [6.07, 6.45) is 0.777. The van der Waals surface area contributed by atoms with Gasteiger partial charge in [0.25, 0.3) is 0 Å². The van der Waals surface area contributed by atoms with Crippen LogP contribution in [-0.4, -0.2) is 42.4 Å². The minimum atomic E-state index is -3.93. The summed E-state index contributed by atoms with van der Waals surface area (Å²) >= 11 is 0. The van der Waals surface area contributed by atoms with E-state index in [-0.39, 0.29) is 23.5 Å². The van der Waals surface area contributed by atoms with E-state index in [1.807, 2.05) is 0 Å². The van der Waals surface area contributed by atoms with Gasteiger partial charge < -0.3 is 15.7 Å². The van der Waals surface area contributed by atoms with Gasteiger partial charge in [0, 0.05) is 24.0 Å². The Morgan fingerprint density at radius 1 is 0.857 bits per heavy atom. The van der Waals surface area contributed by atoms with Crippen LogP contribution in [-0.2, 0) is 14.8 Å². The molecule has 0 aromatic heterocycles. The van der Waals surface area contributed by atoms with E-state index in [2.05, 4.69) is 10.6 Å². The molecule has 2 amide bonds. The molecule has 8 nitrogen and oxygen atoms in total. The van der Waals surface area contributed by atoms with Crippen molar-refractivity contribution in [2.24, 2.45) is 0 Å². The molecular weight excluding hydrogens is 480 g/mol. The molecular formula is C24H21F2N3O5S. The van der Waals surface area contributed by atoms with Crippen LogP contribution in [0, 0.1) is 11.6 Å². The first-order chi connectivity index (χ1) is 16.6. The molecule has 1 aliphatic rings. The number of carboxylic acids is 1. The average molecular weight is 502 g/mol. The van der Waals surface area contributed by atoms with Crippen LogP contribution < -0.4 is 10.6 Å². The van der Waals surface area contributed by atoms with Gasteiger partial charge in [-0.2, -0.15) is 4.31 Å². The quantitative estimate of drug-likeness (QED) is 0.460. The van der Waals surface area contributed by atoms with Crippen molar-refractivity contribution in [1.29, 1.82) is 0 Å². The number of sulfonamides is 1. The van der Waals surface area contributed by atoms with E-state index in [1.54, 1.807) is 36.4 Å². The van der Waals surface area contributed by atoms with Crippen molar-refractivity contribution >= 4 is 33.4 Å². The van der Waals surface area contributed by atoms with Gasteiger partial charge in [0.15, 0.2) is 11.6 Å². The highest BCUT2D eigenvalue weighted by molar-refractivity contribution is 7.89. The molecule has 0 spiro atoms. The molecule has 3 N–H and O–H groups in total. The maximum atomic E-state index is 13.3. The van der Waals surface area contributed by atoms with E-state index >= 15 is 0 Å². The summed E-state index contributed by atoms with van der Waals surface area (Å²) < 4.78 is 53.1. The lowest BCUT2D eigenvalue weighted by Gasteiger charge is -2.21. The highest BCUT2D eigenvalue weighted by Gasteiger charge is 2.39. The third-order valence-corrected chi connectivity index (χ3v) is 7.53. The average Bonchev–Trinajstić information content (AvgIpc) is 3.34. The zero-order valence-corrected chi connectivity index (χ0v) is 19.1. The molecule has 35 heavy (non-hydrogen) atoms. The lowest BCUT2D eigenvalue weighted by atomic mass is 10.1. The van der Waals surface area contributed by atoms with E-state index in [0.29, 0.717) is 12.1 Å². The Morgan fingerprint density at radius 2 is 1.43 bits per heavy atom. The van der Waals surface area contributed by atoms with E-state index in [1.165, 1.54) is 18.2 Å².